The molecule has 1 unspecified atom stereocenters. The lowest BCUT2D eigenvalue weighted by atomic mass is 10.1. The summed E-state index contributed by atoms with van der Waals surface area (Å²) in [4.78, 5) is 0. The van der Waals surface area contributed by atoms with Gasteiger partial charge in [0, 0.05) is 30.1 Å². The monoisotopic (exact) mass is 218 g/mol. The first-order valence-corrected chi connectivity index (χ1v) is 5.64. The highest BCUT2D eigenvalue weighted by atomic mass is 16.3. The first kappa shape index (κ1) is 11.2. The quantitative estimate of drug-likeness (QED) is 0.807. The molecule has 86 valence electrons. The van der Waals surface area contributed by atoms with Crippen LogP contribution < -0.4 is 10.6 Å². The minimum absolute atomic E-state index is 0.457. The predicted octanol–water partition coefficient (Wildman–Crippen LogP) is 2.13. The number of fused-ring (bicyclic) bond motifs is 1. The van der Waals surface area contributed by atoms with Gasteiger partial charge in [-0.2, -0.15) is 0 Å². The molecule has 0 amide bonds. The smallest absolute Gasteiger partial charge is 0.134 e. The molecule has 0 aliphatic rings. The average molecular weight is 218 g/mol. The van der Waals surface area contributed by atoms with Crippen LogP contribution in [-0.2, 0) is 6.54 Å². The number of benzene rings is 1. The van der Waals surface area contributed by atoms with Gasteiger partial charge in [0.1, 0.15) is 5.58 Å². The normalized spacial score (nSPS) is 13.1. The van der Waals surface area contributed by atoms with Gasteiger partial charge in [0.15, 0.2) is 0 Å². The van der Waals surface area contributed by atoms with Crippen molar-refractivity contribution in [3.63, 3.8) is 0 Å². The second kappa shape index (κ2) is 5.14. The van der Waals surface area contributed by atoms with E-state index in [2.05, 4.69) is 23.6 Å². The second-order valence-electron chi connectivity index (χ2n) is 4.10. The van der Waals surface area contributed by atoms with Gasteiger partial charge < -0.3 is 15.1 Å². The Bertz CT molecular complexity index is 450. The first-order valence-electron chi connectivity index (χ1n) is 5.64. The summed E-state index contributed by atoms with van der Waals surface area (Å²) in [7, 11) is 1.96. The van der Waals surface area contributed by atoms with Crippen LogP contribution in [0.2, 0.25) is 0 Å². The maximum Gasteiger partial charge on any atom is 0.134 e. The van der Waals surface area contributed by atoms with Gasteiger partial charge in [-0.15, -0.1) is 0 Å². The zero-order chi connectivity index (χ0) is 11.4. The van der Waals surface area contributed by atoms with Crippen molar-refractivity contribution in [3.8, 4) is 0 Å². The molecule has 3 heteroatoms. The summed E-state index contributed by atoms with van der Waals surface area (Å²) in [6.45, 7) is 3.98. The van der Waals surface area contributed by atoms with Crippen molar-refractivity contribution in [2.45, 2.75) is 19.5 Å². The summed E-state index contributed by atoms with van der Waals surface area (Å²) in [5.74, 6) is 0. The van der Waals surface area contributed by atoms with Gasteiger partial charge in [0.05, 0.1) is 6.26 Å². The molecule has 0 spiro atoms. The minimum Gasteiger partial charge on any atom is -0.464 e. The number of likely N-dealkylation sites (N-methyl/N-ethyl adjacent to an activating group) is 1. The third-order valence-corrected chi connectivity index (χ3v) is 2.71. The minimum atomic E-state index is 0.457. The number of hydrogen-bond acceptors (Lipinski definition) is 3. The summed E-state index contributed by atoms with van der Waals surface area (Å²) >= 11 is 0. The number of para-hydroxylation sites is 1. The Labute approximate surface area is 95.8 Å². The Hall–Kier alpha value is -1.32. The van der Waals surface area contributed by atoms with Gasteiger partial charge in [-0.3, -0.25) is 0 Å². The van der Waals surface area contributed by atoms with E-state index >= 15 is 0 Å². The maximum absolute atomic E-state index is 5.49. The molecule has 1 heterocycles. The summed E-state index contributed by atoms with van der Waals surface area (Å²) < 4.78 is 5.49. The lowest BCUT2D eigenvalue weighted by molar-refractivity contribution is 0.519. The maximum atomic E-state index is 5.49. The van der Waals surface area contributed by atoms with Gasteiger partial charge in [0.25, 0.3) is 0 Å². The second-order valence-corrected chi connectivity index (χ2v) is 4.10. The number of nitrogens with one attached hydrogen (secondary N) is 2. The van der Waals surface area contributed by atoms with Crippen molar-refractivity contribution in [1.82, 2.24) is 10.6 Å². The molecule has 0 saturated heterocycles. The van der Waals surface area contributed by atoms with E-state index in [0.29, 0.717) is 6.04 Å². The third kappa shape index (κ3) is 2.43. The Morgan fingerprint density at radius 2 is 2.12 bits per heavy atom. The SMILES string of the molecule is CNCC(C)NCc1coc2ccccc12. The van der Waals surface area contributed by atoms with E-state index in [1.165, 1.54) is 10.9 Å². The molecular weight excluding hydrogens is 200 g/mol. The predicted molar refractivity (Wildman–Crippen MR) is 66.4 cm³/mol. The highest BCUT2D eigenvalue weighted by Gasteiger charge is 2.06. The van der Waals surface area contributed by atoms with Crippen LogP contribution in [0.15, 0.2) is 34.9 Å². The standard InChI is InChI=1S/C13H18N2O/c1-10(7-14-2)15-8-11-9-16-13-6-4-3-5-12(11)13/h3-6,9-10,14-15H,7-8H2,1-2H3. The molecule has 3 nitrogen and oxygen atoms in total. The van der Waals surface area contributed by atoms with E-state index in [1.807, 2.05) is 31.5 Å². The van der Waals surface area contributed by atoms with E-state index in [9.17, 15) is 0 Å². The molecular formula is C13H18N2O. The fourth-order valence-electron chi connectivity index (χ4n) is 1.83. The van der Waals surface area contributed by atoms with Crippen molar-refractivity contribution < 1.29 is 4.42 Å². The van der Waals surface area contributed by atoms with Gasteiger partial charge in [-0.25, -0.2) is 0 Å². The van der Waals surface area contributed by atoms with Crippen LogP contribution in [0.4, 0.5) is 0 Å². The highest BCUT2D eigenvalue weighted by molar-refractivity contribution is 5.80. The third-order valence-electron chi connectivity index (χ3n) is 2.71. The molecule has 2 rings (SSSR count). The molecule has 1 atom stereocenters. The van der Waals surface area contributed by atoms with E-state index in [-0.39, 0.29) is 0 Å². The van der Waals surface area contributed by atoms with Crippen molar-refractivity contribution >= 4 is 11.0 Å². The van der Waals surface area contributed by atoms with E-state index in [4.69, 9.17) is 4.42 Å². The molecule has 2 aromatic rings. The van der Waals surface area contributed by atoms with Gasteiger partial charge in [0.2, 0.25) is 0 Å². The van der Waals surface area contributed by atoms with Gasteiger partial charge in [-0.05, 0) is 20.0 Å². The Morgan fingerprint density at radius 3 is 2.94 bits per heavy atom. The zero-order valence-electron chi connectivity index (χ0n) is 9.79. The topological polar surface area (TPSA) is 37.2 Å². The van der Waals surface area contributed by atoms with Crippen molar-refractivity contribution in [2.24, 2.45) is 0 Å². The molecule has 1 aromatic carbocycles. The molecule has 0 fully saturated rings. The van der Waals surface area contributed by atoms with Crippen LogP contribution in [0.5, 0.6) is 0 Å². The van der Waals surface area contributed by atoms with Crippen molar-refractivity contribution in [3.05, 3.63) is 36.1 Å². The molecule has 0 aliphatic carbocycles. The molecule has 0 aliphatic heterocycles. The van der Waals surface area contributed by atoms with Gasteiger partial charge in [-0.1, -0.05) is 18.2 Å². The lowest BCUT2D eigenvalue weighted by Crippen LogP contribution is -2.34. The fraction of sp³-hybridized carbons (Fsp3) is 0.385. The van der Waals surface area contributed by atoms with E-state index in [1.54, 1.807) is 0 Å². The zero-order valence-corrected chi connectivity index (χ0v) is 9.79. The van der Waals surface area contributed by atoms with Crippen LogP contribution in [-0.4, -0.2) is 19.6 Å². The Kier molecular flexibility index (Phi) is 3.59. The molecule has 0 radical (unpaired) electrons. The largest absolute Gasteiger partial charge is 0.464 e. The number of hydrogen-bond donors (Lipinski definition) is 2. The van der Waals surface area contributed by atoms with E-state index < -0.39 is 0 Å². The molecule has 2 N–H and O–H groups in total. The Morgan fingerprint density at radius 1 is 1.31 bits per heavy atom. The van der Waals surface area contributed by atoms with Crippen molar-refractivity contribution in [2.75, 3.05) is 13.6 Å². The highest BCUT2D eigenvalue weighted by Crippen LogP contribution is 2.20. The molecule has 0 bridgehead atoms. The van der Waals surface area contributed by atoms with Crippen LogP contribution in [0.25, 0.3) is 11.0 Å². The van der Waals surface area contributed by atoms with Crippen LogP contribution in [0, 0.1) is 0 Å². The van der Waals surface area contributed by atoms with E-state index in [0.717, 1.165) is 18.7 Å². The van der Waals surface area contributed by atoms with Crippen LogP contribution >= 0.6 is 0 Å². The average Bonchev–Trinajstić information content (AvgIpc) is 2.70. The number of rotatable bonds is 5. The van der Waals surface area contributed by atoms with Crippen LogP contribution in [0.3, 0.4) is 0 Å². The number of furan rings is 1. The summed E-state index contributed by atoms with van der Waals surface area (Å²) in [6.07, 6.45) is 1.84. The Balaban J connectivity index is 2.04. The first-order chi connectivity index (χ1) is 7.81. The summed E-state index contributed by atoms with van der Waals surface area (Å²) in [6, 6.07) is 8.58. The molecule has 0 saturated carbocycles. The lowest BCUT2D eigenvalue weighted by Gasteiger charge is -2.12. The van der Waals surface area contributed by atoms with Crippen LogP contribution in [0.1, 0.15) is 12.5 Å². The summed E-state index contributed by atoms with van der Waals surface area (Å²) in [5.41, 5.74) is 2.18. The van der Waals surface area contributed by atoms with Gasteiger partial charge >= 0.3 is 0 Å². The molecule has 1 aromatic heterocycles. The van der Waals surface area contributed by atoms with Crippen molar-refractivity contribution in [1.29, 1.82) is 0 Å². The molecule has 16 heavy (non-hydrogen) atoms. The summed E-state index contributed by atoms with van der Waals surface area (Å²) in [5, 5.41) is 7.80. The fourth-order valence-corrected chi connectivity index (χ4v) is 1.83.